The molecular formula is C20H28ClIN4O3. The van der Waals surface area contributed by atoms with Gasteiger partial charge in [0.2, 0.25) is 12.7 Å². The molecule has 160 valence electrons. The molecule has 0 radical (unpaired) electrons. The van der Waals surface area contributed by atoms with E-state index in [-0.39, 0.29) is 42.7 Å². The van der Waals surface area contributed by atoms with Gasteiger partial charge in [0.25, 0.3) is 0 Å². The normalized spacial score (nSPS) is 21.2. The first-order chi connectivity index (χ1) is 13.6. The molecule has 0 bridgehead atoms. The van der Waals surface area contributed by atoms with Crippen molar-refractivity contribution in [1.82, 2.24) is 15.5 Å². The van der Waals surface area contributed by atoms with Gasteiger partial charge in [0, 0.05) is 38.6 Å². The highest BCUT2D eigenvalue weighted by molar-refractivity contribution is 14.0. The predicted molar refractivity (Wildman–Crippen MR) is 123 cm³/mol. The van der Waals surface area contributed by atoms with E-state index in [1.54, 1.807) is 7.05 Å². The van der Waals surface area contributed by atoms with Gasteiger partial charge in [-0.3, -0.25) is 9.79 Å². The van der Waals surface area contributed by atoms with Gasteiger partial charge in [-0.25, -0.2) is 0 Å². The van der Waals surface area contributed by atoms with Crippen LogP contribution in [-0.4, -0.2) is 49.7 Å². The van der Waals surface area contributed by atoms with Crippen LogP contribution in [0.5, 0.6) is 11.5 Å². The van der Waals surface area contributed by atoms with Crippen molar-refractivity contribution in [1.29, 1.82) is 0 Å². The standard InChI is InChI=1S/C20H27ClN4O3.HI/c1-22-20(23-10-13-8-16(21)18-17(9-13)27-12-28-18)24-15-6-7-25(11-15)19(26)14-4-2-3-5-14;/h8-9,14-15H,2-7,10-12H2,1H3,(H2,22,23,24);1H. The number of nitrogens with zero attached hydrogens (tertiary/aromatic N) is 2. The molecule has 1 aromatic carbocycles. The van der Waals surface area contributed by atoms with Crippen LogP contribution in [0.1, 0.15) is 37.7 Å². The molecule has 1 unspecified atom stereocenters. The van der Waals surface area contributed by atoms with Gasteiger partial charge >= 0.3 is 0 Å². The number of aliphatic imine (C=N–C) groups is 1. The third kappa shape index (κ3) is 5.20. The molecule has 29 heavy (non-hydrogen) atoms. The van der Waals surface area contributed by atoms with E-state index in [2.05, 4.69) is 15.6 Å². The fourth-order valence-electron chi connectivity index (χ4n) is 4.21. The number of nitrogens with one attached hydrogen (secondary N) is 2. The molecule has 1 saturated carbocycles. The smallest absolute Gasteiger partial charge is 0.231 e. The van der Waals surface area contributed by atoms with Crippen LogP contribution >= 0.6 is 35.6 Å². The summed E-state index contributed by atoms with van der Waals surface area (Å²) in [5.74, 6) is 2.57. The molecule has 9 heteroatoms. The summed E-state index contributed by atoms with van der Waals surface area (Å²) < 4.78 is 10.8. The van der Waals surface area contributed by atoms with Crippen molar-refractivity contribution >= 4 is 47.4 Å². The Morgan fingerprint density at radius 3 is 2.83 bits per heavy atom. The van der Waals surface area contributed by atoms with Crippen molar-refractivity contribution in [3.8, 4) is 11.5 Å². The molecule has 4 rings (SSSR count). The number of halogens is 2. The lowest BCUT2D eigenvalue weighted by Gasteiger charge is -2.21. The molecule has 1 saturated heterocycles. The van der Waals surface area contributed by atoms with Crippen LogP contribution in [0.25, 0.3) is 0 Å². The first-order valence-electron chi connectivity index (χ1n) is 9.98. The van der Waals surface area contributed by atoms with Crippen molar-refractivity contribution in [2.75, 3.05) is 26.9 Å². The Labute approximate surface area is 193 Å². The average Bonchev–Trinajstić information content (AvgIpc) is 3.46. The van der Waals surface area contributed by atoms with Gasteiger partial charge in [0.1, 0.15) is 0 Å². The lowest BCUT2D eigenvalue weighted by Crippen LogP contribution is -2.45. The summed E-state index contributed by atoms with van der Waals surface area (Å²) in [7, 11) is 1.75. The zero-order valence-electron chi connectivity index (χ0n) is 16.6. The van der Waals surface area contributed by atoms with Crippen LogP contribution in [0.4, 0.5) is 0 Å². The fraction of sp³-hybridized carbons (Fsp3) is 0.600. The first-order valence-corrected chi connectivity index (χ1v) is 10.4. The van der Waals surface area contributed by atoms with Gasteiger partial charge in [-0.2, -0.15) is 0 Å². The molecule has 1 aliphatic carbocycles. The molecule has 2 fully saturated rings. The van der Waals surface area contributed by atoms with Gasteiger partial charge < -0.3 is 25.0 Å². The minimum absolute atomic E-state index is 0. The third-order valence-corrected chi connectivity index (χ3v) is 6.00. The molecule has 2 N–H and O–H groups in total. The van der Waals surface area contributed by atoms with Crippen molar-refractivity contribution < 1.29 is 14.3 Å². The molecule has 2 heterocycles. The number of likely N-dealkylation sites (tertiary alicyclic amines) is 1. The van der Waals surface area contributed by atoms with Crippen molar-refractivity contribution in [3.05, 3.63) is 22.7 Å². The summed E-state index contributed by atoms with van der Waals surface area (Å²) in [5, 5.41) is 7.29. The Morgan fingerprint density at radius 2 is 2.07 bits per heavy atom. The largest absolute Gasteiger partial charge is 0.454 e. The van der Waals surface area contributed by atoms with E-state index < -0.39 is 0 Å². The summed E-state index contributed by atoms with van der Waals surface area (Å²) in [6, 6.07) is 4.01. The van der Waals surface area contributed by atoms with E-state index in [0.29, 0.717) is 34.9 Å². The third-order valence-electron chi connectivity index (χ3n) is 5.72. The number of guanidine groups is 1. The van der Waals surface area contributed by atoms with Crippen LogP contribution in [0, 0.1) is 5.92 Å². The average molecular weight is 535 g/mol. The lowest BCUT2D eigenvalue weighted by molar-refractivity contribution is -0.134. The van der Waals surface area contributed by atoms with Gasteiger partial charge in [-0.15, -0.1) is 24.0 Å². The van der Waals surface area contributed by atoms with Gasteiger partial charge in [0.15, 0.2) is 17.5 Å². The molecule has 0 spiro atoms. The fourth-order valence-corrected chi connectivity index (χ4v) is 4.49. The van der Waals surface area contributed by atoms with E-state index >= 15 is 0 Å². The summed E-state index contributed by atoms with van der Waals surface area (Å²) in [5.41, 5.74) is 0.988. The minimum atomic E-state index is 0. The number of benzene rings is 1. The Bertz CT molecular complexity index is 770. The maximum atomic E-state index is 12.6. The molecule has 7 nitrogen and oxygen atoms in total. The second-order valence-electron chi connectivity index (χ2n) is 7.63. The van der Waals surface area contributed by atoms with E-state index in [4.69, 9.17) is 21.1 Å². The SMILES string of the molecule is CN=C(NCc1cc(Cl)c2c(c1)OCO2)NC1CCN(C(=O)C2CCCC2)C1.I. The van der Waals surface area contributed by atoms with Crippen LogP contribution < -0.4 is 20.1 Å². The van der Waals surface area contributed by atoms with Gasteiger partial charge in [0.05, 0.1) is 5.02 Å². The van der Waals surface area contributed by atoms with Crippen molar-refractivity contribution in [2.24, 2.45) is 10.9 Å². The number of fused-ring (bicyclic) bond motifs is 1. The molecule has 1 aromatic rings. The van der Waals surface area contributed by atoms with E-state index in [0.717, 1.165) is 37.9 Å². The molecular weight excluding hydrogens is 507 g/mol. The molecule has 1 amide bonds. The zero-order valence-corrected chi connectivity index (χ0v) is 19.7. The highest BCUT2D eigenvalue weighted by Crippen LogP contribution is 2.39. The summed E-state index contributed by atoms with van der Waals surface area (Å²) >= 11 is 6.24. The summed E-state index contributed by atoms with van der Waals surface area (Å²) in [4.78, 5) is 18.9. The Morgan fingerprint density at radius 1 is 1.28 bits per heavy atom. The van der Waals surface area contributed by atoms with Crippen LogP contribution in [-0.2, 0) is 11.3 Å². The number of carbonyl (C=O) groups excluding carboxylic acids is 1. The van der Waals surface area contributed by atoms with Gasteiger partial charge in [-0.1, -0.05) is 24.4 Å². The maximum absolute atomic E-state index is 12.6. The number of hydrogen-bond acceptors (Lipinski definition) is 4. The lowest BCUT2D eigenvalue weighted by atomic mass is 10.1. The summed E-state index contributed by atoms with van der Waals surface area (Å²) in [6.45, 7) is 2.33. The van der Waals surface area contributed by atoms with Gasteiger partial charge in [-0.05, 0) is 37.0 Å². The highest BCUT2D eigenvalue weighted by Gasteiger charge is 2.32. The number of ether oxygens (including phenoxy) is 2. The number of amides is 1. The van der Waals surface area contributed by atoms with Crippen molar-refractivity contribution in [2.45, 2.75) is 44.7 Å². The molecule has 2 aliphatic heterocycles. The highest BCUT2D eigenvalue weighted by atomic mass is 127. The Balaban J connectivity index is 0.00000240. The predicted octanol–water partition coefficient (Wildman–Crippen LogP) is 3.14. The molecule has 1 atom stereocenters. The first kappa shape index (κ1) is 22.3. The maximum Gasteiger partial charge on any atom is 0.231 e. The number of carbonyl (C=O) groups is 1. The van der Waals surface area contributed by atoms with Crippen molar-refractivity contribution in [3.63, 3.8) is 0 Å². The second kappa shape index (κ2) is 10.1. The molecule has 0 aromatic heterocycles. The Kier molecular flexibility index (Phi) is 7.72. The van der Waals surface area contributed by atoms with E-state index in [9.17, 15) is 4.79 Å². The molecule has 3 aliphatic rings. The van der Waals surface area contributed by atoms with E-state index in [1.807, 2.05) is 17.0 Å². The quantitative estimate of drug-likeness (QED) is 0.353. The Hall–Kier alpha value is -1.42. The van der Waals surface area contributed by atoms with Crippen LogP contribution in [0.15, 0.2) is 17.1 Å². The van der Waals surface area contributed by atoms with Crippen LogP contribution in [0.3, 0.4) is 0 Å². The van der Waals surface area contributed by atoms with E-state index in [1.165, 1.54) is 12.8 Å². The zero-order chi connectivity index (χ0) is 19.5. The van der Waals surface area contributed by atoms with Crippen LogP contribution in [0.2, 0.25) is 5.02 Å². The number of hydrogen-bond donors (Lipinski definition) is 2. The minimum Gasteiger partial charge on any atom is -0.454 e. The number of rotatable bonds is 4. The second-order valence-corrected chi connectivity index (χ2v) is 8.04. The summed E-state index contributed by atoms with van der Waals surface area (Å²) in [6.07, 6.45) is 5.41. The topological polar surface area (TPSA) is 75.2 Å². The monoisotopic (exact) mass is 534 g/mol.